The zero-order valence-electron chi connectivity index (χ0n) is 15.8. The quantitative estimate of drug-likeness (QED) is 0.615. The zero-order valence-corrected chi connectivity index (χ0v) is 16.6. The van der Waals surface area contributed by atoms with Crippen LogP contribution in [0.1, 0.15) is 17.8 Å². The highest BCUT2D eigenvalue weighted by molar-refractivity contribution is 7.10. The van der Waals surface area contributed by atoms with Crippen molar-refractivity contribution in [3.63, 3.8) is 0 Å². The first-order valence-corrected chi connectivity index (χ1v) is 9.61. The number of ether oxygens (including phenoxy) is 1. The van der Waals surface area contributed by atoms with Gasteiger partial charge in [-0.3, -0.25) is 4.79 Å². The number of anilines is 1. The number of thiophene rings is 1. The maximum absolute atomic E-state index is 12.2. The number of rotatable bonds is 9. The van der Waals surface area contributed by atoms with Crippen molar-refractivity contribution in [1.82, 2.24) is 15.5 Å². The summed E-state index contributed by atoms with van der Waals surface area (Å²) in [5.74, 6) is 0.401. The van der Waals surface area contributed by atoms with Gasteiger partial charge in [-0.05, 0) is 56.7 Å². The van der Waals surface area contributed by atoms with Crippen molar-refractivity contribution >= 4 is 29.0 Å². The third-order valence-electron chi connectivity index (χ3n) is 3.81. The molecule has 0 aliphatic heterocycles. The third-order valence-corrected chi connectivity index (χ3v) is 4.78. The van der Waals surface area contributed by atoms with Gasteiger partial charge in [-0.15, -0.1) is 11.3 Å². The Morgan fingerprint density at radius 2 is 1.89 bits per heavy atom. The number of likely N-dealkylation sites (N-methyl/N-ethyl adjacent to an activating group) is 2. The van der Waals surface area contributed by atoms with Gasteiger partial charge in [-0.2, -0.15) is 0 Å². The van der Waals surface area contributed by atoms with Crippen LogP contribution in [0.4, 0.5) is 10.5 Å². The first-order chi connectivity index (χ1) is 13.0. The summed E-state index contributed by atoms with van der Waals surface area (Å²) in [6.07, 6.45) is 0. The lowest BCUT2D eigenvalue weighted by Gasteiger charge is -2.23. The van der Waals surface area contributed by atoms with Gasteiger partial charge in [0.2, 0.25) is 0 Å². The van der Waals surface area contributed by atoms with E-state index in [1.165, 1.54) is 4.88 Å². The molecule has 0 aliphatic carbocycles. The number of benzene rings is 1. The Labute approximate surface area is 163 Å². The predicted octanol–water partition coefficient (Wildman–Crippen LogP) is 2.69. The van der Waals surface area contributed by atoms with Crippen LogP contribution in [0.15, 0.2) is 41.8 Å². The lowest BCUT2D eigenvalue weighted by molar-refractivity contribution is -0.122. The van der Waals surface area contributed by atoms with E-state index in [1.807, 2.05) is 32.5 Å². The minimum Gasteiger partial charge on any atom is -0.484 e. The fourth-order valence-corrected chi connectivity index (χ4v) is 3.34. The summed E-state index contributed by atoms with van der Waals surface area (Å²) in [6.45, 7) is 2.90. The zero-order chi connectivity index (χ0) is 19.6. The molecular formula is C19H26N4O3S. The summed E-state index contributed by atoms with van der Waals surface area (Å²) in [4.78, 5) is 26.8. The molecule has 0 spiro atoms. The number of amides is 3. The second-order valence-electron chi connectivity index (χ2n) is 6.10. The van der Waals surface area contributed by atoms with Gasteiger partial charge in [0.15, 0.2) is 6.61 Å². The summed E-state index contributed by atoms with van der Waals surface area (Å²) in [7, 11) is 3.98. The van der Waals surface area contributed by atoms with Gasteiger partial charge in [0.25, 0.3) is 5.91 Å². The van der Waals surface area contributed by atoms with E-state index in [-0.39, 0.29) is 24.6 Å². The molecule has 1 aromatic carbocycles. The Hall–Kier alpha value is -2.58. The van der Waals surface area contributed by atoms with Crippen LogP contribution in [0.2, 0.25) is 0 Å². The molecule has 2 aromatic rings. The second kappa shape index (κ2) is 10.5. The molecule has 27 heavy (non-hydrogen) atoms. The predicted molar refractivity (Wildman–Crippen MR) is 108 cm³/mol. The smallest absolute Gasteiger partial charge is 0.319 e. The molecule has 0 fully saturated rings. The number of hydrogen-bond donors (Lipinski definition) is 3. The molecule has 0 aliphatic rings. The molecule has 8 heteroatoms. The fourth-order valence-electron chi connectivity index (χ4n) is 2.41. The van der Waals surface area contributed by atoms with Crippen LogP contribution >= 0.6 is 11.3 Å². The van der Waals surface area contributed by atoms with Crippen molar-refractivity contribution in [1.29, 1.82) is 0 Å². The average Bonchev–Trinajstić information content (AvgIpc) is 3.15. The van der Waals surface area contributed by atoms with E-state index in [4.69, 9.17) is 4.74 Å². The van der Waals surface area contributed by atoms with Gasteiger partial charge in [-0.1, -0.05) is 6.07 Å². The van der Waals surface area contributed by atoms with E-state index in [1.54, 1.807) is 35.6 Å². The van der Waals surface area contributed by atoms with Crippen molar-refractivity contribution in [2.75, 3.05) is 39.1 Å². The van der Waals surface area contributed by atoms with Crippen LogP contribution in [0.5, 0.6) is 5.75 Å². The van der Waals surface area contributed by atoms with E-state index in [2.05, 4.69) is 26.9 Å². The van der Waals surface area contributed by atoms with Crippen LogP contribution in [0.25, 0.3) is 0 Å². The van der Waals surface area contributed by atoms with Crippen molar-refractivity contribution in [2.45, 2.75) is 13.0 Å². The summed E-state index contributed by atoms with van der Waals surface area (Å²) >= 11 is 1.67. The number of carbonyl (C=O) groups excluding carboxylic acids is 2. The monoisotopic (exact) mass is 390 g/mol. The summed E-state index contributed by atoms with van der Waals surface area (Å²) in [5.41, 5.74) is 0.649. The lowest BCUT2D eigenvalue weighted by Crippen LogP contribution is -2.36. The second-order valence-corrected chi connectivity index (χ2v) is 7.08. The Morgan fingerprint density at radius 1 is 1.15 bits per heavy atom. The first-order valence-electron chi connectivity index (χ1n) is 8.73. The third kappa shape index (κ3) is 6.92. The van der Waals surface area contributed by atoms with Crippen LogP contribution in [-0.4, -0.2) is 50.6 Å². The van der Waals surface area contributed by atoms with Gasteiger partial charge in [0, 0.05) is 23.7 Å². The molecule has 7 nitrogen and oxygen atoms in total. The van der Waals surface area contributed by atoms with Crippen LogP contribution in [-0.2, 0) is 4.79 Å². The molecule has 3 N–H and O–H groups in total. The molecular weight excluding hydrogens is 364 g/mol. The molecule has 0 radical (unpaired) electrons. The van der Waals surface area contributed by atoms with E-state index in [0.717, 1.165) is 0 Å². The maximum atomic E-state index is 12.2. The molecule has 146 valence electrons. The fraction of sp³-hybridized carbons (Fsp3) is 0.368. The molecule has 0 bridgehead atoms. The number of nitrogens with one attached hydrogen (secondary N) is 3. The normalized spacial score (nSPS) is 11.7. The minimum absolute atomic E-state index is 0.0320. The Morgan fingerprint density at radius 3 is 2.48 bits per heavy atom. The van der Waals surface area contributed by atoms with Gasteiger partial charge >= 0.3 is 6.03 Å². The van der Waals surface area contributed by atoms with E-state index in [0.29, 0.717) is 24.5 Å². The molecule has 0 saturated heterocycles. The maximum Gasteiger partial charge on any atom is 0.319 e. The Kier molecular flexibility index (Phi) is 8.09. The van der Waals surface area contributed by atoms with Gasteiger partial charge in [0.1, 0.15) is 5.75 Å². The molecule has 1 atom stereocenters. The van der Waals surface area contributed by atoms with E-state index in [9.17, 15) is 9.59 Å². The van der Waals surface area contributed by atoms with Crippen molar-refractivity contribution in [3.05, 3.63) is 46.7 Å². The van der Waals surface area contributed by atoms with Crippen LogP contribution in [0.3, 0.4) is 0 Å². The highest BCUT2D eigenvalue weighted by Crippen LogP contribution is 2.22. The Bertz CT molecular complexity index is 717. The Balaban J connectivity index is 1.80. The number of nitrogens with zero attached hydrogens (tertiary/aromatic N) is 1. The summed E-state index contributed by atoms with van der Waals surface area (Å²) in [6, 6.07) is 10.8. The topological polar surface area (TPSA) is 82.7 Å². The van der Waals surface area contributed by atoms with Crippen molar-refractivity contribution < 1.29 is 14.3 Å². The largest absolute Gasteiger partial charge is 0.484 e. The average molecular weight is 391 g/mol. The highest BCUT2D eigenvalue weighted by Gasteiger charge is 2.16. The molecule has 1 aromatic heterocycles. The molecule has 3 amide bonds. The van der Waals surface area contributed by atoms with E-state index >= 15 is 0 Å². The molecule has 2 rings (SSSR count). The van der Waals surface area contributed by atoms with Gasteiger partial charge < -0.3 is 25.6 Å². The van der Waals surface area contributed by atoms with Gasteiger partial charge in [0.05, 0.1) is 6.04 Å². The van der Waals surface area contributed by atoms with Gasteiger partial charge in [-0.25, -0.2) is 4.79 Å². The van der Waals surface area contributed by atoms with Crippen molar-refractivity contribution in [3.8, 4) is 5.75 Å². The van der Waals surface area contributed by atoms with Crippen molar-refractivity contribution in [2.24, 2.45) is 0 Å². The lowest BCUT2D eigenvalue weighted by atomic mass is 10.2. The standard InChI is InChI=1S/C19H26N4O3S/c1-4-20-18(24)13-26-15-9-7-14(8-10-15)22-19(25)21-12-16(23(2)3)17-6-5-11-27-17/h5-11,16H,4,12-13H2,1-3H3,(H,20,24)(H2,21,22,25). The van der Waals surface area contributed by atoms with Crippen LogP contribution in [0, 0.1) is 0 Å². The number of carbonyl (C=O) groups is 2. The highest BCUT2D eigenvalue weighted by atomic mass is 32.1. The number of hydrogen-bond acceptors (Lipinski definition) is 5. The molecule has 1 heterocycles. The van der Waals surface area contributed by atoms with E-state index < -0.39 is 0 Å². The van der Waals surface area contributed by atoms with Crippen LogP contribution < -0.4 is 20.7 Å². The molecule has 0 saturated carbocycles. The SMILES string of the molecule is CCNC(=O)COc1ccc(NC(=O)NCC(c2cccs2)N(C)C)cc1. The molecule has 1 unspecified atom stereocenters. The first kappa shape index (κ1) is 20.7. The minimum atomic E-state index is -0.269. The summed E-state index contributed by atoms with van der Waals surface area (Å²) in [5, 5.41) is 10.4. The number of urea groups is 1. The summed E-state index contributed by atoms with van der Waals surface area (Å²) < 4.78 is 5.38.